The number of rotatable bonds is 4. The van der Waals surface area contributed by atoms with Crippen molar-refractivity contribution in [1.82, 2.24) is 9.97 Å². The number of benzene rings is 1. The number of nitrogens with one attached hydrogen (secondary N) is 1. The van der Waals surface area contributed by atoms with Crippen molar-refractivity contribution in [2.45, 2.75) is 5.16 Å². The maximum atomic E-state index is 11.8. The summed E-state index contributed by atoms with van der Waals surface area (Å²) in [7, 11) is 1.51. The highest BCUT2D eigenvalue weighted by molar-refractivity contribution is 7.99. The van der Waals surface area contributed by atoms with Crippen LogP contribution in [0.2, 0.25) is 0 Å². The lowest BCUT2D eigenvalue weighted by molar-refractivity contribution is -0.133. The van der Waals surface area contributed by atoms with Crippen LogP contribution in [0.5, 0.6) is 5.75 Å². The lowest BCUT2D eigenvalue weighted by Gasteiger charge is -2.03. The zero-order valence-corrected chi connectivity index (χ0v) is 10.3. The Morgan fingerprint density at radius 2 is 2.33 bits per heavy atom. The van der Waals surface area contributed by atoms with E-state index >= 15 is 0 Å². The van der Waals surface area contributed by atoms with Gasteiger partial charge in [-0.05, 0) is 18.2 Å². The van der Waals surface area contributed by atoms with Gasteiger partial charge in [0.25, 0.3) is 5.56 Å². The monoisotopic (exact) mass is 266 g/mol. The Hall–Kier alpha value is -2.02. The number of carboxylic acids is 1. The van der Waals surface area contributed by atoms with Crippen LogP contribution in [0.1, 0.15) is 0 Å². The lowest BCUT2D eigenvalue weighted by atomic mass is 10.2. The van der Waals surface area contributed by atoms with E-state index < -0.39 is 5.97 Å². The molecule has 0 bridgehead atoms. The van der Waals surface area contributed by atoms with Crippen molar-refractivity contribution in [3.05, 3.63) is 28.6 Å². The molecule has 2 N–H and O–H groups in total. The predicted octanol–water partition coefficient (Wildman–Crippen LogP) is 1.11. The van der Waals surface area contributed by atoms with Gasteiger partial charge in [0.2, 0.25) is 0 Å². The highest BCUT2D eigenvalue weighted by Gasteiger charge is 2.07. The van der Waals surface area contributed by atoms with E-state index in [0.29, 0.717) is 21.8 Å². The smallest absolute Gasteiger partial charge is 0.313 e. The Bertz CT molecular complexity index is 653. The van der Waals surface area contributed by atoms with E-state index in [0.717, 1.165) is 11.8 Å². The molecule has 0 aliphatic carbocycles. The molecule has 2 rings (SSSR count). The number of nitrogens with zero attached hydrogens (tertiary/aromatic N) is 1. The molecule has 7 heteroatoms. The molecule has 0 saturated carbocycles. The summed E-state index contributed by atoms with van der Waals surface area (Å²) in [5.41, 5.74) is 0.194. The van der Waals surface area contributed by atoms with Gasteiger partial charge in [-0.3, -0.25) is 9.59 Å². The molecular formula is C11H10N2O4S. The molecule has 1 heterocycles. The fourth-order valence-electron chi connectivity index (χ4n) is 1.42. The summed E-state index contributed by atoms with van der Waals surface area (Å²) in [6, 6.07) is 4.95. The van der Waals surface area contributed by atoms with E-state index in [1.54, 1.807) is 18.2 Å². The number of carboxylic acid groups (broad SMARTS) is 1. The third kappa shape index (κ3) is 2.62. The largest absolute Gasteiger partial charge is 0.497 e. The molecule has 0 fully saturated rings. The third-order valence-electron chi connectivity index (χ3n) is 2.22. The van der Waals surface area contributed by atoms with Crippen molar-refractivity contribution < 1.29 is 14.6 Å². The Morgan fingerprint density at radius 3 is 3.00 bits per heavy atom. The topological polar surface area (TPSA) is 92.3 Å². The van der Waals surface area contributed by atoms with E-state index in [9.17, 15) is 9.59 Å². The maximum Gasteiger partial charge on any atom is 0.313 e. The first kappa shape index (κ1) is 12.4. The van der Waals surface area contributed by atoms with Gasteiger partial charge in [-0.25, -0.2) is 4.98 Å². The molecule has 1 aromatic heterocycles. The van der Waals surface area contributed by atoms with Crippen molar-refractivity contribution >= 4 is 28.6 Å². The molecule has 6 nitrogen and oxygen atoms in total. The van der Waals surface area contributed by atoms with Crippen LogP contribution in [-0.4, -0.2) is 33.9 Å². The zero-order chi connectivity index (χ0) is 13.1. The molecule has 0 radical (unpaired) electrons. The molecular weight excluding hydrogens is 256 g/mol. The Kier molecular flexibility index (Phi) is 3.52. The Balaban J connectivity index is 2.43. The van der Waals surface area contributed by atoms with Crippen molar-refractivity contribution in [3.63, 3.8) is 0 Å². The zero-order valence-electron chi connectivity index (χ0n) is 9.47. The first-order valence-corrected chi connectivity index (χ1v) is 6.01. The van der Waals surface area contributed by atoms with Crippen LogP contribution in [0.3, 0.4) is 0 Å². The molecule has 0 saturated heterocycles. The number of fused-ring (bicyclic) bond motifs is 1. The molecule has 18 heavy (non-hydrogen) atoms. The van der Waals surface area contributed by atoms with E-state index in [-0.39, 0.29) is 11.3 Å². The van der Waals surface area contributed by atoms with Gasteiger partial charge < -0.3 is 14.8 Å². The van der Waals surface area contributed by atoms with Crippen LogP contribution in [-0.2, 0) is 4.79 Å². The van der Waals surface area contributed by atoms with E-state index in [2.05, 4.69) is 9.97 Å². The number of aliphatic carboxylic acids is 1. The molecule has 94 valence electrons. The standard InChI is InChI=1S/C11H10N2O4S/c1-17-6-2-3-8-7(4-6)10(16)13-11(12-8)18-5-9(14)15/h2-4H,5H2,1H3,(H,14,15)(H,12,13,16). The van der Waals surface area contributed by atoms with Gasteiger partial charge >= 0.3 is 5.97 Å². The van der Waals surface area contributed by atoms with Gasteiger partial charge in [-0.2, -0.15) is 0 Å². The first-order chi connectivity index (χ1) is 8.60. The molecule has 2 aromatic rings. The minimum absolute atomic E-state index is 0.148. The molecule has 0 aliphatic heterocycles. The quantitative estimate of drug-likeness (QED) is 0.636. The minimum Gasteiger partial charge on any atom is -0.497 e. The van der Waals surface area contributed by atoms with Crippen LogP contribution in [0, 0.1) is 0 Å². The average molecular weight is 266 g/mol. The number of aromatic nitrogens is 2. The molecule has 0 atom stereocenters. The van der Waals surface area contributed by atoms with E-state index in [1.165, 1.54) is 7.11 Å². The van der Waals surface area contributed by atoms with Crippen LogP contribution < -0.4 is 10.3 Å². The van der Waals surface area contributed by atoms with Gasteiger partial charge in [0, 0.05) is 0 Å². The minimum atomic E-state index is -0.961. The Labute approximate surface area is 106 Å². The number of ether oxygens (including phenoxy) is 1. The van der Waals surface area contributed by atoms with Crippen LogP contribution in [0.25, 0.3) is 10.9 Å². The molecule has 1 aromatic carbocycles. The number of aromatic amines is 1. The second kappa shape index (κ2) is 5.09. The van der Waals surface area contributed by atoms with Gasteiger partial charge in [-0.15, -0.1) is 0 Å². The summed E-state index contributed by atoms with van der Waals surface area (Å²) in [6.45, 7) is 0. The maximum absolute atomic E-state index is 11.8. The second-order valence-corrected chi connectivity index (χ2v) is 4.40. The molecule has 0 aliphatic rings. The number of carbonyl (C=O) groups is 1. The molecule has 0 unspecified atom stereocenters. The summed E-state index contributed by atoms with van der Waals surface area (Å²) in [6.07, 6.45) is 0. The summed E-state index contributed by atoms with van der Waals surface area (Å²) in [5.74, 6) is -0.539. The van der Waals surface area contributed by atoms with Crippen molar-refractivity contribution in [2.24, 2.45) is 0 Å². The fourth-order valence-corrected chi connectivity index (χ4v) is 2.01. The molecule has 0 amide bonds. The van der Waals surface area contributed by atoms with E-state index in [1.807, 2.05) is 0 Å². The predicted molar refractivity (Wildman–Crippen MR) is 67.3 cm³/mol. The van der Waals surface area contributed by atoms with Crippen LogP contribution >= 0.6 is 11.8 Å². The number of methoxy groups -OCH3 is 1. The van der Waals surface area contributed by atoms with Gasteiger partial charge in [0.15, 0.2) is 5.16 Å². The number of hydrogen-bond acceptors (Lipinski definition) is 5. The summed E-state index contributed by atoms with van der Waals surface area (Å²) in [5, 5.41) is 9.27. The lowest BCUT2D eigenvalue weighted by Crippen LogP contribution is -2.10. The second-order valence-electron chi connectivity index (χ2n) is 3.44. The highest BCUT2D eigenvalue weighted by atomic mass is 32.2. The van der Waals surface area contributed by atoms with Crippen molar-refractivity contribution in [1.29, 1.82) is 0 Å². The first-order valence-electron chi connectivity index (χ1n) is 5.03. The number of H-pyrrole nitrogens is 1. The van der Waals surface area contributed by atoms with Gasteiger partial charge in [0.05, 0.1) is 23.8 Å². The third-order valence-corrected chi connectivity index (χ3v) is 3.08. The summed E-state index contributed by atoms with van der Waals surface area (Å²) >= 11 is 0.970. The van der Waals surface area contributed by atoms with E-state index in [4.69, 9.17) is 9.84 Å². The number of hydrogen-bond donors (Lipinski definition) is 2. The van der Waals surface area contributed by atoms with Gasteiger partial charge in [-0.1, -0.05) is 11.8 Å². The summed E-state index contributed by atoms with van der Waals surface area (Å²) < 4.78 is 5.02. The van der Waals surface area contributed by atoms with Gasteiger partial charge in [0.1, 0.15) is 5.75 Å². The summed E-state index contributed by atoms with van der Waals surface area (Å²) in [4.78, 5) is 29.0. The average Bonchev–Trinajstić information content (AvgIpc) is 2.36. The van der Waals surface area contributed by atoms with Crippen LogP contribution in [0.4, 0.5) is 0 Å². The normalized spacial score (nSPS) is 10.5. The number of thioether (sulfide) groups is 1. The molecule has 0 spiro atoms. The van der Waals surface area contributed by atoms with Crippen molar-refractivity contribution in [3.8, 4) is 5.75 Å². The Morgan fingerprint density at radius 1 is 1.56 bits per heavy atom. The SMILES string of the molecule is COc1ccc2nc(SCC(=O)O)[nH]c(=O)c2c1. The van der Waals surface area contributed by atoms with Crippen LogP contribution in [0.15, 0.2) is 28.2 Å². The van der Waals surface area contributed by atoms with Crippen molar-refractivity contribution in [2.75, 3.05) is 12.9 Å². The fraction of sp³-hybridized carbons (Fsp3) is 0.182. The highest BCUT2D eigenvalue weighted by Crippen LogP contribution is 2.18.